The molecule has 0 aliphatic carbocycles. The molecule has 1 aromatic carbocycles. The fourth-order valence-electron chi connectivity index (χ4n) is 1.51. The number of hydrogen-bond donors (Lipinski definition) is 1. The lowest BCUT2D eigenvalue weighted by atomic mass is 9.98. The van der Waals surface area contributed by atoms with E-state index in [0.717, 1.165) is 0 Å². The van der Waals surface area contributed by atoms with Crippen molar-refractivity contribution in [2.24, 2.45) is 5.41 Å². The third-order valence-corrected chi connectivity index (χ3v) is 4.58. The summed E-state index contributed by atoms with van der Waals surface area (Å²) in [6.45, 7) is 3.24. The van der Waals surface area contributed by atoms with Crippen LogP contribution in [0.4, 0.5) is 0 Å². The summed E-state index contributed by atoms with van der Waals surface area (Å²) in [5.74, 6) is 0.220. The lowest BCUT2D eigenvalue weighted by Gasteiger charge is -2.21. The Bertz CT molecular complexity index is 477. The molecule has 0 radical (unpaired) electrons. The summed E-state index contributed by atoms with van der Waals surface area (Å²) in [5.41, 5.74) is -0.667. The second kappa shape index (κ2) is 5.06. The summed E-state index contributed by atoms with van der Waals surface area (Å²) in [6, 6.07) is 6.50. The van der Waals surface area contributed by atoms with Gasteiger partial charge in [-0.05, 0) is 12.1 Å². The van der Waals surface area contributed by atoms with Gasteiger partial charge in [0, 0.05) is 12.0 Å². The van der Waals surface area contributed by atoms with Crippen LogP contribution in [-0.2, 0) is 9.84 Å². The summed E-state index contributed by atoms with van der Waals surface area (Å²) in [6.07, 6.45) is 0. The monoisotopic (exact) mass is 258 g/mol. The quantitative estimate of drug-likeness (QED) is 0.869. The van der Waals surface area contributed by atoms with E-state index in [-0.39, 0.29) is 17.3 Å². The molecule has 0 aromatic heterocycles. The maximum Gasteiger partial charge on any atom is 0.182 e. The number of ether oxygens (including phenoxy) is 1. The molecule has 1 N–H and O–H groups in total. The van der Waals surface area contributed by atoms with Gasteiger partial charge in [0.25, 0.3) is 0 Å². The van der Waals surface area contributed by atoms with Crippen LogP contribution < -0.4 is 4.74 Å². The van der Waals surface area contributed by atoms with Gasteiger partial charge in [-0.3, -0.25) is 0 Å². The van der Waals surface area contributed by atoms with Gasteiger partial charge >= 0.3 is 0 Å². The summed E-state index contributed by atoms with van der Waals surface area (Å²) in [4.78, 5) is 0.170. The number of aliphatic hydroxyl groups excluding tert-OH is 1. The molecule has 0 saturated heterocycles. The van der Waals surface area contributed by atoms with Gasteiger partial charge in [0.2, 0.25) is 0 Å². The molecule has 0 heterocycles. The number of hydrogen-bond acceptors (Lipinski definition) is 4. The van der Waals surface area contributed by atoms with Crippen LogP contribution in [0.1, 0.15) is 13.8 Å². The largest absolute Gasteiger partial charge is 0.495 e. The van der Waals surface area contributed by atoms with E-state index in [1.807, 2.05) is 0 Å². The molecule has 17 heavy (non-hydrogen) atoms. The van der Waals surface area contributed by atoms with E-state index in [2.05, 4.69) is 0 Å². The smallest absolute Gasteiger partial charge is 0.182 e. The molecule has 0 unspecified atom stereocenters. The van der Waals surface area contributed by atoms with Crippen molar-refractivity contribution in [3.63, 3.8) is 0 Å². The van der Waals surface area contributed by atoms with Crippen molar-refractivity contribution in [1.82, 2.24) is 0 Å². The average molecular weight is 258 g/mol. The first kappa shape index (κ1) is 14.0. The standard InChI is InChI=1S/C12H18O4S/c1-12(2,8-13)9-17(14,15)11-7-5-4-6-10(11)16-3/h4-7,13H,8-9H2,1-3H3. The Morgan fingerprint density at radius 1 is 1.29 bits per heavy atom. The number of aliphatic hydroxyl groups is 1. The van der Waals surface area contributed by atoms with Gasteiger partial charge in [-0.15, -0.1) is 0 Å². The van der Waals surface area contributed by atoms with E-state index < -0.39 is 15.3 Å². The van der Waals surface area contributed by atoms with Crippen LogP contribution in [0.25, 0.3) is 0 Å². The van der Waals surface area contributed by atoms with E-state index in [1.165, 1.54) is 13.2 Å². The van der Waals surface area contributed by atoms with E-state index in [4.69, 9.17) is 9.84 Å². The third kappa shape index (κ3) is 3.44. The van der Waals surface area contributed by atoms with Crippen molar-refractivity contribution < 1.29 is 18.3 Å². The van der Waals surface area contributed by atoms with Crippen LogP contribution in [0.5, 0.6) is 5.75 Å². The topological polar surface area (TPSA) is 63.6 Å². The minimum absolute atomic E-state index is 0.114. The molecule has 0 atom stereocenters. The zero-order valence-electron chi connectivity index (χ0n) is 10.3. The van der Waals surface area contributed by atoms with Crippen LogP contribution in [0.3, 0.4) is 0 Å². The summed E-state index contributed by atoms with van der Waals surface area (Å²) in [5, 5.41) is 9.14. The number of sulfone groups is 1. The average Bonchev–Trinajstić information content (AvgIpc) is 2.28. The molecule has 0 saturated carbocycles. The summed E-state index contributed by atoms with van der Waals surface area (Å²) < 4.78 is 29.4. The van der Waals surface area contributed by atoms with E-state index >= 15 is 0 Å². The Morgan fingerprint density at radius 2 is 1.88 bits per heavy atom. The number of methoxy groups -OCH3 is 1. The predicted molar refractivity (Wildman–Crippen MR) is 65.9 cm³/mol. The van der Waals surface area contributed by atoms with Gasteiger partial charge in [0.05, 0.1) is 12.9 Å². The molecule has 1 aromatic rings. The van der Waals surface area contributed by atoms with Crippen molar-refractivity contribution in [1.29, 1.82) is 0 Å². The fourth-order valence-corrected chi connectivity index (χ4v) is 3.53. The molecule has 0 amide bonds. The van der Waals surface area contributed by atoms with Crippen LogP contribution >= 0.6 is 0 Å². The predicted octanol–water partition coefficient (Wildman–Crippen LogP) is 1.49. The maximum absolute atomic E-state index is 12.2. The molecule has 0 fully saturated rings. The maximum atomic E-state index is 12.2. The second-order valence-electron chi connectivity index (χ2n) is 4.73. The van der Waals surface area contributed by atoms with Gasteiger partial charge in [-0.1, -0.05) is 26.0 Å². The lowest BCUT2D eigenvalue weighted by Crippen LogP contribution is -2.27. The lowest BCUT2D eigenvalue weighted by molar-refractivity contribution is 0.178. The zero-order chi connectivity index (χ0) is 13.1. The van der Waals surface area contributed by atoms with Crippen LogP contribution in [0, 0.1) is 5.41 Å². The minimum atomic E-state index is -3.46. The molecule has 0 bridgehead atoms. The number of para-hydroxylation sites is 1. The Labute approximate surface area is 102 Å². The van der Waals surface area contributed by atoms with Crippen molar-refractivity contribution in [2.45, 2.75) is 18.7 Å². The Kier molecular flexibility index (Phi) is 4.16. The second-order valence-corrected chi connectivity index (χ2v) is 6.69. The van der Waals surface area contributed by atoms with Crippen molar-refractivity contribution in [3.8, 4) is 5.75 Å². The highest BCUT2D eigenvalue weighted by Crippen LogP contribution is 2.28. The highest BCUT2D eigenvalue weighted by Gasteiger charge is 2.28. The van der Waals surface area contributed by atoms with E-state index in [0.29, 0.717) is 5.75 Å². The molecule has 0 aliphatic heterocycles. The van der Waals surface area contributed by atoms with Crippen LogP contribution in [-0.4, -0.2) is 33.0 Å². The van der Waals surface area contributed by atoms with Crippen LogP contribution in [0.2, 0.25) is 0 Å². The molecule has 0 spiro atoms. The molecule has 1 rings (SSSR count). The highest BCUT2D eigenvalue weighted by molar-refractivity contribution is 7.91. The molecular formula is C12H18O4S. The Morgan fingerprint density at radius 3 is 2.41 bits per heavy atom. The fraction of sp³-hybridized carbons (Fsp3) is 0.500. The van der Waals surface area contributed by atoms with Gasteiger partial charge in [0.1, 0.15) is 10.6 Å². The molecule has 96 valence electrons. The first-order valence-electron chi connectivity index (χ1n) is 5.29. The molecule has 4 nitrogen and oxygen atoms in total. The van der Waals surface area contributed by atoms with Crippen LogP contribution in [0.15, 0.2) is 29.2 Å². The van der Waals surface area contributed by atoms with Gasteiger partial charge in [-0.25, -0.2) is 8.42 Å². The summed E-state index contributed by atoms with van der Waals surface area (Å²) >= 11 is 0. The van der Waals surface area contributed by atoms with E-state index in [9.17, 15) is 8.42 Å². The number of benzene rings is 1. The Hall–Kier alpha value is -1.07. The first-order valence-corrected chi connectivity index (χ1v) is 6.94. The van der Waals surface area contributed by atoms with Gasteiger partial charge < -0.3 is 9.84 Å². The van der Waals surface area contributed by atoms with Crippen molar-refractivity contribution in [2.75, 3.05) is 19.5 Å². The molecule has 5 heteroatoms. The number of rotatable bonds is 5. The van der Waals surface area contributed by atoms with Gasteiger partial charge in [-0.2, -0.15) is 0 Å². The molecule has 0 aliphatic rings. The molecular weight excluding hydrogens is 240 g/mol. The van der Waals surface area contributed by atoms with Crippen molar-refractivity contribution in [3.05, 3.63) is 24.3 Å². The zero-order valence-corrected chi connectivity index (χ0v) is 11.1. The minimum Gasteiger partial charge on any atom is -0.495 e. The summed E-state index contributed by atoms with van der Waals surface area (Å²) in [7, 11) is -2.02. The Balaban J connectivity index is 3.14. The van der Waals surface area contributed by atoms with E-state index in [1.54, 1.807) is 32.0 Å². The van der Waals surface area contributed by atoms with Gasteiger partial charge in [0.15, 0.2) is 9.84 Å². The van der Waals surface area contributed by atoms with Crippen molar-refractivity contribution >= 4 is 9.84 Å². The normalized spacial score (nSPS) is 12.5. The third-order valence-electron chi connectivity index (χ3n) is 2.41. The SMILES string of the molecule is COc1ccccc1S(=O)(=O)CC(C)(C)CO. The first-order chi connectivity index (χ1) is 7.82. The highest BCUT2D eigenvalue weighted by atomic mass is 32.2.